The third-order valence-corrected chi connectivity index (χ3v) is 1.49. The zero-order chi connectivity index (χ0) is 8.15. The summed E-state index contributed by atoms with van der Waals surface area (Å²) in [7, 11) is 0. The summed E-state index contributed by atoms with van der Waals surface area (Å²) >= 11 is 0. The Kier molecular flexibility index (Phi) is 4.79. The average molecular weight is 142 g/mol. The molecular formula is C8H19BO. The minimum atomic E-state index is -0.0833. The molecule has 60 valence electrons. The number of rotatable bonds is 4. The van der Waals surface area contributed by atoms with Crippen molar-refractivity contribution >= 4 is 6.92 Å². The van der Waals surface area contributed by atoms with Gasteiger partial charge in [0.1, 0.15) is 0 Å². The van der Waals surface area contributed by atoms with E-state index in [4.69, 9.17) is 0 Å². The molecule has 1 N–H and O–H groups in total. The summed E-state index contributed by atoms with van der Waals surface area (Å²) in [5.74, 6) is 1.24. The summed E-state index contributed by atoms with van der Waals surface area (Å²) in [5, 5.41) is 9.39. The maximum absolute atomic E-state index is 9.39. The Balaban J connectivity index is 3.34. The average Bonchev–Trinajstić information content (AvgIpc) is 1.58. The van der Waals surface area contributed by atoms with Crippen LogP contribution in [0.3, 0.4) is 0 Å². The van der Waals surface area contributed by atoms with Gasteiger partial charge in [-0.05, 0) is 12.6 Å². The molecule has 0 aromatic carbocycles. The zero-order valence-corrected chi connectivity index (χ0v) is 7.59. The lowest BCUT2D eigenvalue weighted by Crippen LogP contribution is -2.16. The van der Waals surface area contributed by atoms with Crippen LogP contribution in [0, 0.1) is 11.8 Å². The lowest BCUT2D eigenvalue weighted by atomic mass is 9.57. The highest BCUT2D eigenvalue weighted by molar-refractivity contribution is 6.50. The lowest BCUT2D eigenvalue weighted by Gasteiger charge is -2.10. The first-order chi connectivity index (χ1) is 4.52. The van der Waals surface area contributed by atoms with Gasteiger partial charge in [-0.25, -0.2) is 0 Å². The predicted octanol–water partition coefficient (Wildman–Crippen LogP) is 2.28. The fourth-order valence-electron chi connectivity index (χ4n) is 1.18. The molecule has 0 aromatic rings. The van der Waals surface area contributed by atoms with Crippen molar-refractivity contribution in [2.75, 3.05) is 0 Å². The van der Waals surface area contributed by atoms with Gasteiger partial charge in [0.2, 0.25) is 0 Å². The second kappa shape index (κ2) is 4.78. The van der Waals surface area contributed by atoms with Crippen molar-refractivity contribution in [2.45, 2.75) is 40.3 Å². The Morgan fingerprint density at radius 1 is 1.00 bits per heavy atom. The van der Waals surface area contributed by atoms with Crippen LogP contribution in [-0.2, 0) is 0 Å². The van der Waals surface area contributed by atoms with Gasteiger partial charge in [0.05, 0.1) is 0 Å². The van der Waals surface area contributed by atoms with Gasteiger partial charge in [0.25, 0.3) is 6.92 Å². The fraction of sp³-hybridized carbons (Fsp3) is 1.00. The van der Waals surface area contributed by atoms with Gasteiger partial charge in [-0.1, -0.05) is 39.5 Å². The molecular weight excluding hydrogens is 123 g/mol. The molecule has 2 heteroatoms. The summed E-state index contributed by atoms with van der Waals surface area (Å²) in [6.07, 6.45) is 1.89. The summed E-state index contributed by atoms with van der Waals surface area (Å²) in [4.78, 5) is 0. The molecule has 0 aromatic heterocycles. The molecule has 0 aliphatic heterocycles. The zero-order valence-electron chi connectivity index (χ0n) is 7.59. The monoisotopic (exact) mass is 142 g/mol. The van der Waals surface area contributed by atoms with Crippen molar-refractivity contribution in [3.8, 4) is 0 Å². The molecule has 10 heavy (non-hydrogen) atoms. The Bertz CT molecular complexity index is 71.3. The van der Waals surface area contributed by atoms with E-state index in [1.165, 1.54) is 0 Å². The molecule has 0 spiro atoms. The Labute approximate surface area is 64.9 Å². The Morgan fingerprint density at radius 2 is 1.30 bits per heavy atom. The molecule has 1 nitrogen and oxygen atoms in total. The molecule has 0 fully saturated rings. The van der Waals surface area contributed by atoms with Gasteiger partial charge in [-0.3, -0.25) is 0 Å². The minimum absolute atomic E-state index is 0.0833. The van der Waals surface area contributed by atoms with E-state index >= 15 is 0 Å². The SMILES string of the molecule is CC(C)CB(O)CC(C)C. The van der Waals surface area contributed by atoms with Crippen LogP contribution in [0.15, 0.2) is 0 Å². The molecule has 0 radical (unpaired) electrons. The van der Waals surface area contributed by atoms with Crippen LogP contribution in [0.4, 0.5) is 0 Å². The van der Waals surface area contributed by atoms with E-state index < -0.39 is 0 Å². The smallest absolute Gasteiger partial charge is 0.289 e. The van der Waals surface area contributed by atoms with Gasteiger partial charge in [-0.15, -0.1) is 0 Å². The van der Waals surface area contributed by atoms with Crippen molar-refractivity contribution < 1.29 is 5.02 Å². The van der Waals surface area contributed by atoms with Crippen LogP contribution >= 0.6 is 0 Å². The van der Waals surface area contributed by atoms with Gasteiger partial charge >= 0.3 is 0 Å². The minimum Gasteiger partial charge on any atom is -0.450 e. The molecule has 0 saturated carbocycles. The van der Waals surface area contributed by atoms with Gasteiger partial charge in [0.15, 0.2) is 0 Å². The second-order valence-corrected chi connectivity index (χ2v) is 3.91. The molecule has 0 atom stereocenters. The van der Waals surface area contributed by atoms with E-state index in [1.54, 1.807) is 0 Å². The highest BCUT2D eigenvalue weighted by Gasteiger charge is 2.13. The number of hydrogen-bond acceptors (Lipinski definition) is 1. The molecule has 0 bridgehead atoms. The molecule has 0 heterocycles. The summed E-state index contributed by atoms with van der Waals surface area (Å²) in [5.41, 5.74) is 0. The molecule has 0 aliphatic carbocycles. The Hall–Kier alpha value is 0.0249. The molecule has 0 unspecified atom stereocenters. The summed E-state index contributed by atoms with van der Waals surface area (Å²) in [6, 6.07) is 0. The highest BCUT2D eigenvalue weighted by Crippen LogP contribution is 2.11. The highest BCUT2D eigenvalue weighted by atomic mass is 16.2. The quantitative estimate of drug-likeness (QED) is 0.597. The fourth-order valence-corrected chi connectivity index (χ4v) is 1.18. The summed E-state index contributed by atoms with van der Waals surface area (Å²) in [6.45, 7) is 8.49. The van der Waals surface area contributed by atoms with Crippen molar-refractivity contribution in [1.29, 1.82) is 0 Å². The number of hydrogen-bond donors (Lipinski definition) is 1. The standard InChI is InChI=1S/C8H19BO/c1-7(2)5-9(10)6-8(3)4/h7-8,10H,5-6H2,1-4H3. The summed E-state index contributed by atoms with van der Waals surface area (Å²) < 4.78 is 0. The van der Waals surface area contributed by atoms with Gasteiger partial charge in [-0.2, -0.15) is 0 Å². The molecule has 0 aliphatic rings. The van der Waals surface area contributed by atoms with E-state index in [0.717, 1.165) is 12.6 Å². The first kappa shape index (κ1) is 10.0. The van der Waals surface area contributed by atoms with E-state index in [1.807, 2.05) is 0 Å². The van der Waals surface area contributed by atoms with Gasteiger partial charge < -0.3 is 5.02 Å². The van der Waals surface area contributed by atoms with Crippen molar-refractivity contribution in [3.05, 3.63) is 0 Å². The maximum atomic E-state index is 9.39. The second-order valence-electron chi connectivity index (χ2n) is 3.91. The lowest BCUT2D eigenvalue weighted by molar-refractivity contribution is 0.525. The van der Waals surface area contributed by atoms with Crippen LogP contribution in [0.1, 0.15) is 27.7 Å². The predicted molar refractivity (Wildman–Crippen MR) is 47.3 cm³/mol. The molecule has 0 rings (SSSR count). The van der Waals surface area contributed by atoms with Crippen LogP contribution in [0.25, 0.3) is 0 Å². The topological polar surface area (TPSA) is 20.2 Å². The largest absolute Gasteiger partial charge is 0.450 e. The first-order valence-corrected chi connectivity index (χ1v) is 4.20. The maximum Gasteiger partial charge on any atom is 0.289 e. The normalized spacial score (nSPS) is 11.1. The van der Waals surface area contributed by atoms with E-state index in [-0.39, 0.29) is 6.92 Å². The Morgan fingerprint density at radius 3 is 1.50 bits per heavy atom. The van der Waals surface area contributed by atoms with Crippen LogP contribution in [0.5, 0.6) is 0 Å². The molecule has 0 amide bonds. The van der Waals surface area contributed by atoms with Crippen LogP contribution in [0.2, 0.25) is 12.6 Å². The van der Waals surface area contributed by atoms with E-state index in [2.05, 4.69) is 27.7 Å². The van der Waals surface area contributed by atoms with Crippen LogP contribution < -0.4 is 0 Å². The van der Waals surface area contributed by atoms with Gasteiger partial charge in [0, 0.05) is 0 Å². The van der Waals surface area contributed by atoms with Crippen LogP contribution in [-0.4, -0.2) is 11.9 Å². The third kappa shape index (κ3) is 6.15. The molecule has 0 saturated heterocycles. The van der Waals surface area contributed by atoms with Crippen molar-refractivity contribution in [1.82, 2.24) is 0 Å². The van der Waals surface area contributed by atoms with Crippen molar-refractivity contribution in [3.63, 3.8) is 0 Å². The van der Waals surface area contributed by atoms with Crippen molar-refractivity contribution in [2.24, 2.45) is 11.8 Å². The van der Waals surface area contributed by atoms with E-state index in [0.29, 0.717) is 11.8 Å². The third-order valence-electron chi connectivity index (χ3n) is 1.49. The van der Waals surface area contributed by atoms with E-state index in [9.17, 15) is 5.02 Å². The first-order valence-electron chi connectivity index (χ1n) is 4.20.